The van der Waals surface area contributed by atoms with Crippen molar-refractivity contribution >= 4 is 0 Å². The van der Waals surface area contributed by atoms with Crippen molar-refractivity contribution in [2.45, 2.75) is 58.2 Å². The lowest BCUT2D eigenvalue weighted by Gasteiger charge is -2.37. The van der Waals surface area contributed by atoms with E-state index in [2.05, 4.69) is 59.7 Å². The van der Waals surface area contributed by atoms with Gasteiger partial charge < -0.3 is 9.80 Å². The zero-order valence-electron chi connectivity index (χ0n) is 16.8. The maximum atomic E-state index is 4.48. The number of piperazine rings is 1. The molecule has 1 saturated heterocycles. The molecule has 146 valence electrons. The molecule has 1 aliphatic carbocycles. The third-order valence-electron chi connectivity index (χ3n) is 6.59. The van der Waals surface area contributed by atoms with Crippen molar-refractivity contribution < 1.29 is 9.80 Å². The van der Waals surface area contributed by atoms with Gasteiger partial charge in [-0.25, -0.2) is 4.68 Å². The number of hydrogen-bond donors (Lipinski definition) is 2. The van der Waals surface area contributed by atoms with Crippen LogP contribution in [0.25, 0.3) is 0 Å². The van der Waals surface area contributed by atoms with Crippen LogP contribution in [0.15, 0.2) is 30.3 Å². The van der Waals surface area contributed by atoms with Gasteiger partial charge in [0, 0.05) is 5.92 Å². The Bertz CT molecular complexity index is 698. The molecule has 0 amide bonds. The molecule has 0 bridgehead atoms. The standard InChI is InChI=1S/C21H32N6/c1-17(2)20(26-14-12-25(13-15-26)19-10-6-7-11-19)21-22-23-24-27(21)16-18-8-4-3-5-9-18/h3-5,8-9,17,19-20H,6-7,10-16H2,1-2H3/p+2/t20-/m0/s1. The summed E-state index contributed by atoms with van der Waals surface area (Å²) >= 11 is 0. The fraction of sp³-hybridized carbons (Fsp3) is 0.667. The van der Waals surface area contributed by atoms with Crippen molar-refractivity contribution in [2.24, 2.45) is 5.92 Å². The van der Waals surface area contributed by atoms with E-state index in [4.69, 9.17) is 0 Å². The smallest absolute Gasteiger partial charge is 0.209 e. The number of quaternary nitrogens is 2. The normalized spacial score (nSPS) is 25.1. The van der Waals surface area contributed by atoms with Gasteiger partial charge in [-0.05, 0) is 41.7 Å². The van der Waals surface area contributed by atoms with E-state index < -0.39 is 0 Å². The van der Waals surface area contributed by atoms with Crippen LogP contribution in [-0.2, 0) is 6.54 Å². The molecule has 27 heavy (non-hydrogen) atoms. The fourth-order valence-corrected chi connectivity index (χ4v) is 5.20. The highest BCUT2D eigenvalue weighted by Crippen LogP contribution is 2.18. The first-order valence-electron chi connectivity index (χ1n) is 10.7. The van der Waals surface area contributed by atoms with Crippen molar-refractivity contribution in [3.8, 4) is 0 Å². The van der Waals surface area contributed by atoms with Gasteiger partial charge in [0.15, 0.2) is 6.04 Å². The molecule has 1 saturated carbocycles. The van der Waals surface area contributed by atoms with Crippen molar-refractivity contribution in [1.29, 1.82) is 0 Å². The maximum Gasteiger partial charge on any atom is 0.209 e. The van der Waals surface area contributed by atoms with Gasteiger partial charge in [-0.3, -0.25) is 0 Å². The van der Waals surface area contributed by atoms with Crippen molar-refractivity contribution in [2.75, 3.05) is 26.2 Å². The quantitative estimate of drug-likeness (QED) is 0.761. The average molecular weight is 371 g/mol. The second-order valence-corrected chi connectivity index (χ2v) is 8.70. The minimum Gasteiger partial charge on any atom is -0.323 e. The molecular formula is C21H34N6+2. The Morgan fingerprint density at radius 2 is 1.74 bits per heavy atom. The second-order valence-electron chi connectivity index (χ2n) is 8.70. The van der Waals surface area contributed by atoms with Crippen molar-refractivity contribution in [1.82, 2.24) is 20.2 Å². The van der Waals surface area contributed by atoms with Gasteiger partial charge in [0.25, 0.3) is 0 Å². The molecule has 2 heterocycles. The summed E-state index contributed by atoms with van der Waals surface area (Å²) in [6.45, 7) is 10.4. The number of tetrazole rings is 1. The van der Waals surface area contributed by atoms with Crippen LogP contribution >= 0.6 is 0 Å². The lowest BCUT2D eigenvalue weighted by atomic mass is 10.00. The summed E-state index contributed by atoms with van der Waals surface area (Å²) in [7, 11) is 0. The lowest BCUT2D eigenvalue weighted by molar-refractivity contribution is -1.04. The maximum absolute atomic E-state index is 4.48. The van der Waals surface area contributed by atoms with E-state index in [-0.39, 0.29) is 0 Å². The molecule has 6 heteroatoms. The largest absolute Gasteiger partial charge is 0.323 e. The van der Waals surface area contributed by atoms with E-state index in [0.29, 0.717) is 12.0 Å². The minimum atomic E-state index is 0.369. The molecule has 1 atom stereocenters. The highest BCUT2D eigenvalue weighted by Gasteiger charge is 2.38. The molecule has 1 aromatic carbocycles. The SMILES string of the molecule is CC(C)[C@@H](c1nnnn1Cc1ccccc1)[NH+]1CC[NH+](C2CCCC2)CC1. The van der Waals surface area contributed by atoms with Gasteiger partial charge in [0.2, 0.25) is 5.82 Å². The Morgan fingerprint density at radius 1 is 1.04 bits per heavy atom. The molecule has 2 fully saturated rings. The highest BCUT2D eigenvalue weighted by atomic mass is 15.6. The van der Waals surface area contributed by atoms with Crippen molar-refractivity contribution in [3.05, 3.63) is 41.7 Å². The molecular weight excluding hydrogens is 336 g/mol. The molecule has 0 spiro atoms. The van der Waals surface area contributed by atoms with E-state index in [0.717, 1.165) is 18.4 Å². The summed E-state index contributed by atoms with van der Waals surface area (Å²) in [5.41, 5.74) is 1.25. The number of nitrogens with zero attached hydrogens (tertiary/aromatic N) is 4. The first-order chi connectivity index (χ1) is 13.2. The first kappa shape index (κ1) is 18.6. The summed E-state index contributed by atoms with van der Waals surface area (Å²) in [5.74, 6) is 1.57. The van der Waals surface area contributed by atoms with Gasteiger partial charge in [-0.1, -0.05) is 44.2 Å². The molecule has 0 unspecified atom stereocenters. The second kappa shape index (κ2) is 8.48. The number of aromatic nitrogens is 4. The summed E-state index contributed by atoms with van der Waals surface area (Å²) < 4.78 is 2.02. The van der Waals surface area contributed by atoms with Crippen LogP contribution in [0.4, 0.5) is 0 Å². The predicted octanol–water partition coefficient (Wildman–Crippen LogP) is 0.145. The lowest BCUT2D eigenvalue weighted by Crippen LogP contribution is -3.29. The van der Waals surface area contributed by atoms with Gasteiger partial charge in [-0.15, -0.1) is 5.10 Å². The number of benzene rings is 1. The van der Waals surface area contributed by atoms with E-state index in [1.807, 2.05) is 9.58 Å². The fourth-order valence-electron chi connectivity index (χ4n) is 5.20. The van der Waals surface area contributed by atoms with Crippen molar-refractivity contribution in [3.63, 3.8) is 0 Å². The van der Waals surface area contributed by atoms with Crippen LogP contribution in [0, 0.1) is 5.92 Å². The summed E-state index contributed by atoms with van der Waals surface area (Å²) in [5, 5.41) is 12.8. The first-order valence-corrected chi connectivity index (χ1v) is 10.7. The minimum absolute atomic E-state index is 0.369. The monoisotopic (exact) mass is 370 g/mol. The van der Waals surface area contributed by atoms with Crippen LogP contribution in [-0.4, -0.2) is 52.4 Å². The van der Waals surface area contributed by atoms with Crippen LogP contribution in [0.5, 0.6) is 0 Å². The number of nitrogens with one attached hydrogen (secondary N) is 2. The molecule has 1 aromatic heterocycles. The van der Waals surface area contributed by atoms with Crippen LogP contribution in [0.2, 0.25) is 0 Å². The van der Waals surface area contributed by atoms with E-state index in [1.165, 1.54) is 57.4 Å². The van der Waals surface area contributed by atoms with Crippen LogP contribution < -0.4 is 9.80 Å². The van der Waals surface area contributed by atoms with E-state index >= 15 is 0 Å². The average Bonchev–Trinajstić information content (AvgIpc) is 3.36. The number of hydrogen-bond acceptors (Lipinski definition) is 3. The zero-order valence-corrected chi connectivity index (χ0v) is 16.8. The Hall–Kier alpha value is -1.79. The Kier molecular flexibility index (Phi) is 5.83. The molecule has 0 radical (unpaired) electrons. The van der Waals surface area contributed by atoms with Gasteiger partial charge in [-0.2, -0.15) is 0 Å². The number of rotatable bonds is 6. The van der Waals surface area contributed by atoms with Gasteiger partial charge >= 0.3 is 0 Å². The summed E-state index contributed by atoms with van der Waals surface area (Å²) in [6, 6.07) is 11.8. The zero-order chi connectivity index (χ0) is 18.6. The molecule has 6 nitrogen and oxygen atoms in total. The Balaban J connectivity index is 1.46. The topological polar surface area (TPSA) is 52.5 Å². The van der Waals surface area contributed by atoms with E-state index in [1.54, 1.807) is 4.90 Å². The van der Waals surface area contributed by atoms with Gasteiger partial charge in [0.05, 0.1) is 12.6 Å². The molecule has 2 aliphatic rings. The summed E-state index contributed by atoms with van der Waals surface area (Å²) in [6.07, 6.45) is 5.75. The molecule has 2 N–H and O–H groups in total. The Labute approximate surface area is 162 Å². The van der Waals surface area contributed by atoms with Gasteiger partial charge in [0.1, 0.15) is 26.2 Å². The third kappa shape index (κ3) is 4.22. The van der Waals surface area contributed by atoms with E-state index in [9.17, 15) is 0 Å². The molecule has 4 rings (SSSR count). The van der Waals surface area contributed by atoms with Crippen LogP contribution in [0.3, 0.4) is 0 Å². The molecule has 2 aromatic rings. The highest BCUT2D eigenvalue weighted by molar-refractivity contribution is 5.15. The van der Waals surface area contributed by atoms with Crippen LogP contribution in [0.1, 0.15) is 57.0 Å². The summed E-state index contributed by atoms with van der Waals surface area (Å²) in [4.78, 5) is 3.51. The third-order valence-corrected chi connectivity index (χ3v) is 6.59. The predicted molar refractivity (Wildman–Crippen MR) is 105 cm³/mol. The Morgan fingerprint density at radius 3 is 2.41 bits per heavy atom. The molecule has 1 aliphatic heterocycles.